The number of carbonyl (C=O) groups is 1. The molecule has 2 aromatic carbocycles. The first-order chi connectivity index (χ1) is 13.8. The van der Waals surface area contributed by atoms with Gasteiger partial charge in [0.05, 0.1) is 11.3 Å². The predicted octanol–water partition coefficient (Wildman–Crippen LogP) is 4.99. The molecule has 2 aromatic rings. The van der Waals surface area contributed by atoms with E-state index in [9.17, 15) is 27.6 Å². The summed E-state index contributed by atoms with van der Waals surface area (Å²) in [5.74, 6) is -1.34. The molecule has 1 amide bonds. The van der Waals surface area contributed by atoms with Gasteiger partial charge in [-0.05, 0) is 54.8 Å². The van der Waals surface area contributed by atoms with Crippen LogP contribution >= 0.6 is 0 Å². The van der Waals surface area contributed by atoms with Crippen molar-refractivity contribution in [1.29, 1.82) is 5.26 Å². The summed E-state index contributed by atoms with van der Waals surface area (Å²) in [6.45, 7) is 1.55. The Kier molecular flexibility index (Phi) is 5.87. The smallest absolute Gasteiger partial charge is 0.369 e. The number of hydrogen-bond acceptors (Lipinski definition) is 3. The zero-order valence-electron chi connectivity index (χ0n) is 15.3. The lowest BCUT2D eigenvalue weighted by Gasteiger charge is -2.18. The molecule has 1 fully saturated rings. The van der Waals surface area contributed by atoms with Crippen LogP contribution in [0, 0.1) is 17.1 Å². The van der Waals surface area contributed by atoms with E-state index in [1.165, 1.54) is 18.2 Å². The average molecular weight is 403 g/mol. The van der Waals surface area contributed by atoms with Crippen LogP contribution < -0.4 is 10.2 Å². The molecule has 4 nitrogen and oxygen atoms in total. The van der Waals surface area contributed by atoms with Crippen molar-refractivity contribution in [3.05, 3.63) is 65.0 Å². The summed E-state index contributed by atoms with van der Waals surface area (Å²) in [4.78, 5) is 14.2. The fourth-order valence-electron chi connectivity index (χ4n) is 3.11. The second-order valence-corrected chi connectivity index (χ2v) is 6.61. The topological polar surface area (TPSA) is 56.1 Å². The zero-order chi connectivity index (χ0) is 21.0. The SMILES string of the molecule is N#C/C(=C/c1ccc(N2CCCC2)c(F)c1)C(=O)Nc1cccc(C(F)(F)F)c1. The van der Waals surface area contributed by atoms with E-state index in [1.807, 2.05) is 4.90 Å². The summed E-state index contributed by atoms with van der Waals surface area (Å²) in [5.41, 5.74) is -0.595. The first-order valence-corrected chi connectivity index (χ1v) is 8.93. The van der Waals surface area contributed by atoms with Crippen LogP contribution in [0.15, 0.2) is 48.0 Å². The van der Waals surface area contributed by atoms with E-state index >= 15 is 0 Å². The molecular weight excluding hydrogens is 386 g/mol. The second kappa shape index (κ2) is 8.35. The van der Waals surface area contributed by atoms with Crippen LogP contribution in [0.3, 0.4) is 0 Å². The third-order valence-corrected chi connectivity index (χ3v) is 4.54. The Labute approximate surface area is 165 Å². The molecule has 0 atom stereocenters. The van der Waals surface area contributed by atoms with Crippen molar-refractivity contribution in [3.63, 3.8) is 0 Å². The molecule has 1 aliphatic heterocycles. The summed E-state index contributed by atoms with van der Waals surface area (Å²) in [6.07, 6.45) is -1.37. The van der Waals surface area contributed by atoms with Crippen LogP contribution in [0.5, 0.6) is 0 Å². The van der Waals surface area contributed by atoms with Crippen LogP contribution in [-0.2, 0) is 11.0 Å². The number of benzene rings is 2. The molecule has 3 rings (SSSR count). The van der Waals surface area contributed by atoms with E-state index in [0.717, 1.165) is 44.1 Å². The number of hydrogen-bond donors (Lipinski definition) is 1. The molecule has 1 aliphatic rings. The highest BCUT2D eigenvalue weighted by molar-refractivity contribution is 6.09. The van der Waals surface area contributed by atoms with Gasteiger partial charge in [-0.2, -0.15) is 18.4 Å². The number of anilines is 2. The molecule has 0 bridgehead atoms. The van der Waals surface area contributed by atoms with Gasteiger partial charge >= 0.3 is 6.18 Å². The molecule has 0 aliphatic carbocycles. The molecule has 150 valence electrons. The van der Waals surface area contributed by atoms with E-state index < -0.39 is 23.5 Å². The van der Waals surface area contributed by atoms with Gasteiger partial charge < -0.3 is 10.2 Å². The van der Waals surface area contributed by atoms with Gasteiger partial charge in [0.2, 0.25) is 0 Å². The van der Waals surface area contributed by atoms with Crippen molar-refractivity contribution in [2.45, 2.75) is 19.0 Å². The maximum absolute atomic E-state index is 14.4. The van der Waals surface area contributed by atoms with Crippen molar-refractivity contribution in [1.82, 2.24) is 0 Å². The van der Waals surface area contributed by atoms with Crippen LogP contribution in [0.1, 0.15) is 24.0 Å². The van der Waals surface area contributed by atoms with E-state index in [2.05, 4.69) is 5.32 Å². The highest BCUT2D eigenvalue weighted by Gasteiger charge is 2.30. The van der Waals surface area contributed by atoms with E-state index in [0.29, 0.717) is 11.3 Å². The Morgan fingerprint density at radius 2 is 1.86 bits per heavy atom. The van der Waals surface area contributed by atoms with Gasteiger partial charge in [0.15, 0.2) is 0 Å². The normalized spacial score (nSPS) is 14.6. The summed E-state index contributed by atoms with van der Waals surface area (Å²) >= 11 is 0. The summed E-state index contributed by atoms with van der Waals surface area (Å²) in [7, 11) is 0. The van der Waals surface area contributed by atoms with Crippen molar-refractivity contribution in [2.24, 2.45) is 0 Å². The molecule has 1 N–H and O–H groups in total. The average Bonchev–Trinajstić information content (AvgIpc) is 3.20. The van der Waals surface area contributed by atoms with Gasteiger partial charge in [-0.3, -0.25) is 4.79 Å². The molecular formula is C21H17F4N3O. The number of nitriles is 1. The third kappa shape index (κ3) is 4.93. The predicted molar refractivity (Wildman–Crippen MR) is 102 cm³/mol. The fraction of sp³-hybridized carbons (Fsp3) is 0.238. The minimum Gasteiger partial charge on any atom is -0.369 e. The monoisotopic (exact) mass is 403 g/mol. The lowest BCUT2D eigenvalue weighted by Crippen LogP contribution is -2.18. The zero-order valence-corrected chi connectivity index (χ0v) is 15.3. The maximum atomic E-state index is 14.4. The minimum absolute atomic E-state index is 0.0958. The number of amides is 1. The van der Waals surface area contributed by atoms with Gasteiger partial charge in [-0.15, -0.1) is 0 Å². The van der Waals surface area contributed by atoms with Crippen LogP contribution in [0.2, 0.25) is 0 Å². The Morgan fingerprint density at radius 1 is 1.14 bits per heavy atom. The lowest BCUT2D eigenvalue weighted by atomic mass is 10.1. The molecule has 0 spiro atoms. The second-order valence-electron chi connectivity index (χ2n) is 6.61. The molecule has 1 heterocycles. The number of nitrogens with one attached hydrogen (secondary N) is 1. The van der Waals surface area contributed by atoms with E-state index in [-0.39, 0.29) is 11.3 Å². The Hall–Kier alpha value is -3.34. The summed E-state index contributed by atoms with van der Waals surface area (Å²) in [6, 6.07) is 10.2. The summed E-state index contributed by atoms with van der Waals surface area (Å²) < 4.78 is 52.8. The van der Waals surface area contributed by atoms with Crippen LogP contribution in [0.25, 0.3) is 6.08 Å². The van der Waals surface area contributed by atoms with Crippen LogP contribution in [0.4, 0.5) is 28.9 Å². The minimum atomic E-state index is -4.55. The Balaban J connectivity index is 1.78. The molecule has 29 heavy (non-hydrogen) atoms. The number of nitrogens with zero attached hydrogens (tertiary/aromatic N) is 2. The molecule has 0 aromatic heterocycles. The number of alkyl halides is 3. The van der Waals surface area contributed by atoms with Gasteiger partial charge in [0.1, 0.15) is 17.5 Å². The number of halogens is 4. The number of rotatable bonds is 4. The molecule has 0 unspecified atom stereocenters. The van der Waals surface area contributed by atoms with Crippen molar-refractivity contribution < 1.29 is 22.4 Å². The van der Waals surface area contributed by atoms with Crippen LogP contribution in [-0.4, -0.2) is 19.0 Å². The van der Waals surface area contributed by atoms with Gasteiger partial charge in [-0.1, -0.05) is 12.1 Å². The molecule has 1 saturated heterocycles. The van der Waals surface area contributed by atoms with Crippen molar-refractivity contribution in [2.75, 3.05) is 23.3 Å². The molecule has 0 saturated carbocycles. The summed E-state index contributed by atoms with van der Waals surface area (Å²) in [5, 5.41) is 11.5. The molecule has 0 radical (unpaired) electrons. The first-order valence-electron chi connectivity index (χ1n) is 8.93. The maximum Gasteiger partial charge on any atom is 0.416 e. The van der Waals surface area contributed by atoms with Gasteiger partial charge in [0, 0.05) is 18.8 Å². The number of carbonyl (C=O) groups excluding carboxylic acids is 1. The Morgan fingerprint density at radius 3 is 2.48 bits per heavy atom. The largest absolute Gasteiger partial charge is 0.416 e. The highest BCUT2D eigenvalue weighted by Crippen LogP contribution is 2.31. The van der Waals surface area contributed by atoms with E-state index in [1.54, 1.807) is 18.2 Å². The Bertz CT molecular complexity index is 986. The van der Waals surface area contributed by atoms with Gasteiger partial charge in [0.25, 0.3) is 5.91 Å². The standard InChI is InChI=1S/C21H17F4N3O/c22-18-11-14(6-7-19(18)28-8-1-2-9-28)10-15(13-26)20(29)27-17-5-3-4-16(12-17)21(23,24)25/h3-7,10-12H,1-2,8-9H2,(H,27,29)/b15-10-. The fourth-order valence-corrected chi connectivity index (χ4v) is 3.11. The van der Waals surface area contributed by atoms with Gasteiger partial charge in [-0.25, -0.2) is 4.39 Å². The first kappa shape index (κ1) is 20.4. The molecule has 8 heteroatoms. The highest BCUT2D eigenvalue weighted by atomic mass is 19.4. The quantitative estimate of drug-likeness (QED) is 0.445. The lowest BCUT2D eigenvalue weighted by molar-refractivity contribution is -0.137. The van der Waals surface area contributed by atoms with E-state index in [4.69, 9.17) is 0 Å². The van der Waals surface area contributed by atoms with Crippen molar-refractivity contribution >= 4 is 23.4 Å². The third-order valence-electron chi connectivity index (χ3n) is 4.54. The van der Waals surface area contributed by atoms with Crippen molar-refractivity contribution in [3.8, 4) is 6.07 Å².